The van der Waals surface area contributed by atoms with E-state index in [-0.39, 0.29) is 6.10 Å². The Kier molecular flexibility index (Phi) is 3.52. The average Bonchev–Trinajstić information content (AvgIpc) is 2.75. The van der Waals surface area contributed by atoms with Crippen molar-refractivity contribution in [3.63, 3.8) is 0 Å². The summed E-state index contributed by atoms with van der Waals surface area (Å²) in [6.07, 6.45) is -0.0434. The van der Waals surface area contributed by atoms with Gasteiger partial charge in [0.05, 0.1) is 12.6 Å². The standard InChI is InChI=1S/C11H14FN5O/c1-7(18-2)6-17-11(14-15-16-17)8-3-9(12)5-10(13)4-8/h3-5,7H,6,13H2,1-2H3. The summed E-state index contributed by atoms with van der Waals surface area (Å²) in [5.74, 6) is 0.0458. The van der Waals surface area contributed by atoms with Crippen LogP contribution in [0, 0.1) is 5.82 Å². The Morgan fingerprint density at radius 3 is 2.89 bits per heavy atom. The molecule has 0 fully saturated rings. The molecule has 0 radical (unpaired) electrons. The van der Waals surface area contributed by atoms with Gasteiger partial charge in [0.15, 0.2) is 5.82 Å². The number of nitrogens with zero attached hydrogens (tertiary/aromatic N) is 4. The van der Waals surface area contributed by atoms with Gasteiger partial charge in [-0.15, -0.1) is 5.10 Å². The number of hydrogen-bond donors (Lipinski definition) is 1. The van der Waals surface area contributed by atoms with Gasteiger partial charge < -0.3 is 10.5 Å². The summed E-state index contributed by atoms with van der Waals surface area (Å²) in [6, 6.07) is 4.22. The Morgan fingerprint density at radius 2 is 2.22 bits per heavy atom. The highest BCUT2D eigenvalue weighted by Crippen LogP contribution is 2.20. The van der Waals surface area contributed by atoms with Crippen LogP contribution in [0.4, 0.5) is 10.1 Å². The van der Waals surface area contributed by atoms with Crippen LogP contribution >= 0.6 is 0 Å². The molecule has 1 unspecified atom stereocenters. The summed E-state index contributed by atoms with van der Waals surface area (Å²) in [5.41, 5.74) is 6.48. The molecule has 1 atom stereocenters. The number of nitrogens with two attached hydrogens (primary N) is 1. The number of hydrogen-bond acceptors (Lipinski definition) is 5. The number of aromatic nitrogens is 4. The van der Waals surface area contributed by atoms with Gasteiger partial charge in [0.1, 0.15) is 5.82 Å². The van der Waals surface area contributed by atoms with Crippen LogP contribution in [0.25, 0.3) is 11.4 Å². The highest BCUT2D eigenvalue weighted by Gasteiger charge is 2.12. The first kappa shape index (κ1) is 12.4. The zero-order chi connectivity index (χ0) is 13.1. The van der Waals surface area contributed by atoms with Crippen molar-refractivity contribution >= 4 is 5.69 Å². The SMILES string of the molecule is COC(C)Cn1nnnc1-c1cc(N)cc(F)c1. The number of nitrogen functional groups attached to an aromatic ring is 1. The summed E-state index contributed by atoms with van der Waals surface area (Å²) >= 11 is 0. The van der Waals surface area contributed by atoms with E-state index in [1.54, 1.807) is 17.9 Å². The minimum absolute atomic E-state index is 0.0434. The van der Waals surface area contributed by atoms with Crippen LogP contribution in [0.2, 0.25) is 0 Å². The topological polar surface area (TPSA) is 78.8 Å². The van der Waals surface area contributed by atoms with Gasteiger partial charge in [-0.3, -0.25) is 0 Å². The molecular weight excluding hydrogens is 237 g/mol. The van der Waals surface area contributed by atoms with E-state index in [1.807, 2.05) is 6.92 Å². The van der Waals surface area contributed by atoms with Crippen molar-refractivity contribution in [2.75, 3.05) is 12.8 Å². The second-order valence-electron chi connectivity index (χ2n) is 4.00. The molecule has 0 spiro atoms. The molecule has 1 aromatic heterocycles. The van der Waals surface area contributed by atoms with Gasteiger partial charge >= 0.3 is 0 Å². The number of benzene rings is 1. The third-order valence-corrected chi connectivity index (χ3v) is 2.54. The molecule has 0 saturated carbocycles. The first-order valence-corrected chi connectivity index (χ1v) is 5.45. The summed E-state index contributed by atoms with van der Waals surface area (Å²) in [6.45, 7) is 2.38. The van der Waals surface area contributed by atoms with E-state index >= 15 is 0 Å². The number of methoxy groups -OCH3 is 1. The van der Waals surface area contributed by atoms with Crippen LogP contribution in [-0.2, 0) is 11.3 Å². The molecule has 0 amide bonds. The molecule has 2 rings (SSSR count). The lowest BCUT2D eigenvalue weighted by Gasteiger charge is -2.10. The van der Waals surface area contributed by atoms with Gasteiger partial charge in [0.25, 0.3) is 0 Å². The quantitative estimate of drug-likeness (QED) is 0.823. The van der Waals surface area contributed by atoms with Crippen molar-refractivity contribution in [2.24, 2.45) is 0 Å². The van der Waals surface area contributed by atoms with Gasteiger partial charge in [-0.25, -0.2) is 9.07 Å². The molecule has 2 N–H and O–H groups in total. The minimum atomic E-state index is -0.417. The van der Waals surface area contributed by atoms with Crippen molar-refractivity contribution in [1.82, 2.24) is 20.2 Å². The van der Waals surface area contributed by atoms with Crippen molar-refractivity contribution < 1.29 is 9.13 Å². The smallest absolute Gasteiger partial charge is 0.182 e. The van der Waals surface area contributed by atoms with Crippen LogP contribution in [0.1, 0.15) is 6.92 Å². The fourth-order valence-corrected chi connectivity index (χ4v) is 1.59. The molecule has 2 aromatic rings. The van der Waals surface area contributed by atoms with E-state index in [0.717, 1.165) is 0 Å². The Hall–Kier alpha value is -2.02. The second-order valence-corrected chi connectivity index (χ2v) is 4.00. The Balaban J connectivity index is 2.36. The maximum Gasteiger partial charge on any atom is 0.182 e. The molecule has 6 nitrogen and oxygen atoms in total. The fraction of sp³-hybridized carbons (Fsp3) is 0.364. The molecule has 1 aromatic carbocycles. The molecule has 0 aliphatic heterocycles. The molecule has 1 heterocycles. The molecule has 0 aliphatic carbocycles. The van der Waals surface area contributed by atoms with Gasteiger partial charge in [-0.2, -0.15) is 0 Å². The maximum absolute atomic E-state index is 13.3. The van der Waals surface area contributed by atoms with Gasteiger partial charge in [0, 0.05) is 18.4 Å². The first-order valence-electron chi connectivity index (χ1n) is 5.45. The van der Waals surface area contributed by atoms with Crippen LogP contribution in [0.5, 0.6) is 0 Å². The predicted octanol–water partition coefficient (Wildman–Crippen LogP) is 1.10. The lowest BCUT2D eigenvalue weighted by Crippen LogP contribution is -2.16. The van der Waals surface area contributed by atoms with E-state index in [4.69, 9.17) is 10.5 Å². The largest absolute Gasteiger partial charge is 0.399 e. The van der Waals surface area contributed by atoms with E-state index in [1.165, 1.54) is 12.1 Å². The number of ether oxygens (including phenoxy) is 1. The predicted molar refractivity (Wildman–Crippen MR) is 64.1 cm³/mol. The zero-order valence-corrected chi connectivity index (χ0v) is 10.2. The molecule has 96 valence electrons. The Labute approximate surface area is 104 Å². The number of halogens is 1. The summed E-state index contributed by atoms with van der Waals surface area (Å²) in [5, 5.41) is 11.3. The monoisotopic (exact) mass is 251 g/mol. The summed E-state index contributed by atoms with van der Waals surface area (Å²) in [4.78, 5) is 0. The molecule has 0 bridgehead atoms. The summed E-state index contributed by atoms with van der Waals surface area (Å²) in [7, 11) is 1.61. The second kappa shape index (κ2) is 5.09. The van der Waals surface area contributed by atoms with Gasteiger partial charge in [0.2, 0.25) is 0 Å². The van der Waals surface area contributed by atoms with Crippen molar-refractivity contribution in [3.8, 4) is 11.4 Å². The van der Waals surface area contributed by atoms with Gasteiger partial charge in [-0.1, -0.05) is 0 Å². The molecule has 18 heavy (non-hydrogen) atoms. The molecule has 7 heteroatoms. The van der Waals surface area contributed by atoms with Crippen molar-refractivity contribution in [3.05, 3.63) is 24.0 Å². The lowest BCUT2D eigenvalue weighted by molar-refractivity contribution is 0.0997. The van der Waals surface area contributed by atoms with Crippen LogP contribution in [-0.4, -0.2) is 33.4 Å². The van der Waals surface area contributed by atoms with E-state index < -0.39 is 5.82 Å². The normalized spacial score (nSPS) is 12.6. The zero-order valence-electron chi connectivity index (χ0n) is 10.2. The molecule has 0 aliphatic rings. The van der Waals surface area contributed by atoms with Crippen LogP contribution in [0.15, 0.2) is 18.2 Å². The van der Waals surface area contributed by atoms with E-state index in [0.29, 0.717) is 23.6 Å². The van der Waals surface area contributed by atoms with Crippen molar-refractivity contribution in [1.29, 1.82) is 0 Å². The van der Waals surface area contributed by atoms with Crippen molar-refractivity contribution in [2.45, 2.75) is 19.6 Å². The third-order valence-electron chi connectivity index (χ3n) is 2.54. The molecule has 0 saturated heterocycles. The maximum atomic E-state index is 13.3. The average molecular weight is 251 g/mol. The fourth-order valence-electron chi connectivity index (χ4n) is 1.59. The lowest BCUT2D eigenvalue weighted by atomic mass is 10.2. The van der Waals surface area contributed by atoms with Crippen LogP contribution in [0.3, 0.4) is 0 Å². The van der Waals surface area contributed by atoms with E-state index in [2.05, 4.69) is 15.5 Å². The number of anilines is 1. The highest BCUT2D eigenvalue weighted by atomic mass is 19.1. The third kappa shape index (κ3) is 2.62. The Morgan fingerprint density at radius 1 is 1.44 bits per heavy atom. The number of tetrazole rings is 1. The van der Waals surface area contributed by atoms with Crippen LogP contribution < -0.4 is 5.73 Å². The minimum Gasteiger partial charge on any atom is -0.399 e. The highest BCUT2D eigenvalue weighted by molar-refractivity contribution is 5.61. The van der Waals surface area contributed by atoms with E-state index in [9.17, 15) is 4.39 Å². The molecular formula is C11H14FN5O. The van der Waals surface area contributed by atoms with Gasteiger partial charge in [-0.05, 0) is 35.5 Å². The summed E-state index contributed by atoms with van der Waals surface area (Å²) < 4.78 is 20.0. The Bertz CT molecular complexity index is 522. The first-order chi connectivity index (χ1) is 8.60. The number of rotatable bonds is 4.